The Morgan fingerprint density at radius 1 is 1.04 bits per heavy atom. The molecule has 0 radical (unpaired) electrons. The Labute approximate surface area is 143 Å². The van der Waals surface area contributed by atoms with Crippen LogP contribution >= 0.6 is 0 Å². The maximum Gasteiger partial charge on any atom is 0.269 e. The largest absolute Gasteiger partial charge is 0.273 e. The van der Waals surface area contributed by atoms with Crippen LogP contribution in [0.3, 0.4) is 0 Å². The molecule has 4 nitrogen and oxygen atoms in total. The summed E-state index contributed by atoms with van der Waals surface area (Å²) in [6.07, 6.45) is 8.32. The van der Waals surface area contributed by atoms with E-state index >= 15 is 0 Å². The van der Waals surface area contributed by atoms with Crippen LogP contribution in [0.4, 0.5) is 0 Å². The molecule has 1 aromatic rings. The minimum atomic E-state index is -0.252. The molecule has 24 heavy (non-hydrogen) atoms. The number of benzene rings is 1. The Hall–Kier alpha value is -1.84. The summed E-state index contributed by atoms with van der Waals surface area (Å²) in [6, 6.07) is 7.37. The molecule has 4 saturated carbocycles. The Morgan fingerprint density at radius 2 is 1.67 bits per heavy atom. The second kappa shape index (κ2) is 5.91. The molecule has 0 saturated heterocycles. The van der Waals surface area contributed by atoms with E-state index in [9.17, 15) is 9.59 Å². The first-order valence-corrected chi connectivity index (χ1v) is 9.17. The van der Waals surface area contributed by atoms with Crippen molar-refractivity contribution < 1.29 is 9.59 Å². The van der Waals surface area contributed by atoms with E-state index in [1.54, 1.807) is 6.07 Å². The number of aryl methyl sites for hydroxylation is 1. The lowest BCUT2D eigenvalue weighted by Crippen LogP contribution is -2.50. The van der Waals surface area contributed by atoms with Gasteiger partial charge in [0.05, 0.1) is 0 Å². The molecule has 0 heterocycles. The van der Waals surface area contributed by atoms with Gasteiger partial charge in [-0.2, -0.15) is 0 Å². The lowest BCUT2D eigenvalue weighted by molar-refractivity contribution is -0.130. The summed E-state index contributed by atoms with van der Waals surface area (Å²) in [5, 5.41) is 0. The molecule has 0 unspecified atom stereocenters. The minimum Gasteiger partial charge on any atom is -0.273 e. The summed E-state index contributed by atoms with van der Waals surface area (Å²) in [7, 11) is 0. The average molecular weight is 326 g/mol. The van der Waals surface area contributed by atoms with Crippen LogP contribution in [0.1, 0.15) is 60.9 Å². The Balaban J connectivity index is 1.33. The van der Waals surface area contributed by atoms with Crippen LogP contribution in [0.2, 0.25) is 0 Å². The third-order valence-corrected chi connectivity index (χ3v) is 6.30. The van der Waals surface area contributed by atoms with E-state index in [-0.39, 0.29) is 17.2 Å². The molecule has 4 heteroatoms. The van der Waals surface area contributed by atoms with Crippen LogP contribution in [0.25, 0.3) is 0 Å². The second-order valence-electron chi connectivity index (χ2n) is 8.47. The first kappa shape index (κ1) is 15.7. The van der Waals surface area contributed by atoms with Gasteiger partial charge in [0, 0.05) is 12.0 Å². The molecule has 0 spiro atoms. The second-order valence-corrected chi connectivity index (χ2v) is 8.47. The van der Waals surface area contributed by atoms with Crippen molar-refractivity contribution in [3.8, 4) is 0 Å². The molecule has 0 atom stereocenters. The monoisotopic (exact) mass is 326 g/mol. The van der Waals surface area contributed by atoms with Gasteiger partial charge in [0.15, 0.2) is 0 Å². The van der Waals surface area contributed by atoms with Gasteiger partial charge in [-0.25, -0.2) is 0 Å². The number of carbonyl (C=O) groups is 2. The van der Waals surface area contributed by atoms with E-state index in [2.05, 4.69) is 10.9 Å². The van der Waals surface area contributed by atoms with E-state index in [1.807, 2.05) is 25.1 Å². The predicted molar refractivity (Wildman–Crippen MR) is 92.0 cm³/mol. The van der Waals surface area contributed by atoms with E-state index < -0.39 is 0 Å². The van der Waals surface area contributed by atoms with Crippen molar-refractivity contribution in [2.75, 3.05) is 0 Å². The van der Waals surface area contributed by atoms with Gasteiger partial charge < -0.3 is 0 Å². The van der Waals surface area contributed by atoms with Crippen molar-refractivity contribution in [3.05, 3.63) is 35.4 Å². The van der Waals surface area contributed by atoms with Crippen molar-refractivity contribution in [1.82, 2.24) is 10.9 Å². The summed E-state index contributed by atoms with van der Waals surface area (Å²) in [5.74, 6) is 2.22. The molecule has 0 aliphatic heterocycles. The number of hydrogen-bond donors (Lipinski definition) is 2. The third-order valence-electron chi connectivity index (χ3n) is 6.30. The van der Waals surface area contributed by atoms with Gasteiger partial charge in [-0.1, -0.05) is 17.7 Å². The lowest BCUT2D eigenvalue weighted by Gasteiger charge is -2.56. The van der Waals surface area contributed by atoms with Gasteiger partial charge in [-0.05, 0) is 80.8 Å². The summed E-state index contributed by atoms with van der Waals surface area (Å²) >= 11 is 0. The van der Waals surface area contributed by atoms with E-state index in [1.165, 1.54) is 38.5 Å². The first-order chi connectivity index (χ1) is 11.5. The summed E-state index contributed by atoms with van der Waals surface area (Å²) in [4.78, 5) is 24.5. The fraction of sp³-hybridized carbons (Fsp3) is 0.600. The Bertz CT molecular complexity index is 632. The highest BCUT2D eigenvalue weighted by atomic mass is 16.2. The van der Waals surface area contributed by atoms with Crippen LogP contribution in [0.5, 0.6) is 0 Å². The highest BCUT2D eigenvalue weighted by molar-refractivity contribution is 5.95. The van der Waals surface area contributed by atoms with Crippen molar-refractivity contribution >= 4 is 11.8 Å². The van der Waals surface area contributed by atoms with Gasteiger partial charge in [0.2, 0.25) is 5.91 Å². The summed E-state index contributed by atoms with van der Waals surface area (Å²) in [5.41, 5.74) is 7.01. The molecule has 5 rings (SSSR count). The predicted octanol–water partition coefficient (Wildman–Crippen LogP) is 3.36. The van der Waals surface area contributed by atoms with Gasteiger partial charge in [0.25, 0.3) is 5.91 Å². The SMILES string of the molecule is Cc1cccc(C(=O)NNC(=O)CC23CC4CC(CC(C4)C2)C3)c1. The maximum absolute atomic E-state index is 12.4. The molecule has 4 fully saturated rings. The van der Waals surface area contributed by atoms with Crippen molar-refractivity contribution in [1.29, 1.82) is 0 Å². The lowest BCUT2D eigenvalue weighted by atomic mass is 9.49. The van der Waals surface area contributed by atoms with E-state index in [0.29, 0.717) is 12.0 Å². The van der Waals surface area contributed by atoms with Crippen molar-refractivity contribution in [2.24, 2.45) is 23.2 Å². The number of amides is 2. The van der Waals surface area contributed by atoms with Crippen molar-refractivity contribution in [3.63, 3.8) is 0 Å². The molecule has 2 N–H and O–H groups in total. The number of rotatable bonds is 3. The highest BCUT2D eigenvalue weighted by Gasteiger charge is 2.51. The van der Waals surface area contributed by atoms with Crippen molar-refractivity contribution in [2.45, 2.75) is 51.9 Å². The molecule has 0 aromatic heterocycles. The van der Waals surface area contributed by atoms with Gasteiger partial charge in [-0.3, -0.25) is 20.4 Å². The van der Waals surface area contributed by atoms with Crippen LogP contribution in [-0.4, -0.2) is 11.8 Å². The molecule has 1 aromatic carbocycles. The standard InChI is InChI=1S/C20H26N2O2/c1-13-3-2-4-17(5-13)19(24)22-21-18(23)12-20-9-14-6-15(10-20)8-16(7-14)11-20/h2-5,14-16H,6-12H2,1H3,(H,21,23)(H,22,24). The zero-order valence-electron chi connectivity index (χ0n) is 14.3. The van der Waals surface area contributed by atoms with Gasteiger partial charge >= 0.3 is 0 Å². The normalized spacial score (nSPS) is 33.3. The molecule has 4 aliphatic rings. The molecular weight excluding hydrogens is 300 g/mol. The number of hydrazine groups is 1. The molecule has 4 aliphatic carbocycles. The highest BCUT2D eigenvalue weighted by Crippen LogP contribution is 2.61. The summed E-state index contributed by atoms with van der Waals surface area (Å²) in [6.45, 7) is 1.95. The fourth-order valence-corrected chi connectivity index (χ4v) is 5.88. The number of carbonyl (C=O) groups excluding carboxylic acids is 2. The average Bonchev–Trinajstić information content (AvgIpc) is 2.50. The van der Waals surface area contributed by atoms with E-state index in [0.717, 1.165) is 23.3 Å². The smallest absolute Gasteiger partial charge is 0.269 e. The van der Waals surface area contributed by atoms with Crippen LogP contribution in [-0.2, 0) is 4.79 Å². The Morgan fingerprint density at radius 3 is 2.25 bits per heavy atom. The van der Waals surface area contributed by atoms with Crippen LogP contribution in [0, 0.1) is 30.1 Å². The molecule has 2 amide bonds. The number of hydrogen-bond acceptors (Lipinski definition) is 2. The topological polar surface area (TPSA) is 58.2 Å². The summed E-state index contributed by atoms with van der Waals surface area (Å²) < 4.78 is 0. The zero-order chi connectivity index (χ0) is 16.7. The van der Waals surface area contributed by atoms with Crippen LogP contribution < -0.4 is 10.9 Å². The zero-order valence-corrected chi connectivity index (χ0v) is 14.3. The Kier molecular flexibility index (Phi) is 3.86. The number of nitrogens with one attached hydrogen (secondary N) is 2. The quantitative estimate of drug-likeness (QED) is 0.837. The van der Waals surface area contributed by atoms with Gasteiger partial charge in [-0.15, -0.1) is 0 Å². The van der Waals surface area contributed by atoms with Gasteiger partial charge in [0.1, 0.15) is 0 Å². The third kappa shape index (κ3) is 3.06. The fourth-order valence-electron chi connectivity index (χ4n) is 5.88. The van der Waals surface area contributed by atoms with E-state index in [4.69, 9.17) is 0 Å². The maximum atomic E-state index is 12.4. The molecular formula is C20H26N2O2. The molecule has 128 valence electrons. The van der Waals surface area contributed by atoms with Crippen LogP contribution in [0.15, 0.2) is 24.3 Å². The first-order valence-electron chi connectivity index (χ1n) is 9.17. The molecule has 4 bridgehead atoms. The minimum absolute atomic E-state index is 0.0436.